The van der Waals surface area contributed by atoms with Crippen molar-refractivity contribution in [2.24, 2.45) is 0 Å². The molecule has 0 aliphatic carbocycles. The zero-order chi connectivity index (χ0) is 19.9. The van der Waals surface area contributed by atoms with Gasteiger partial charge in [-0.25, -0.2) is 8.78 Å². The maximum atomic E-state index is 13.6. The molecule has 5 nitrogen and oxygen atoms in total. The van der Waals surface area contributed by atoms with Crippen LogP contribution in [-0.2, 0) is 13.2 Å². The molecule has 1 aromatic heterocycles. The van der Waals surface area contributed by atoms with Gasteiger partial charge in [-0.15, -0.1) is 0 Å². The van der Waals surface area contributed by atoms with E-state index < -0.39 is 11.6 Å². The van der Waals surface area contributed by atoms with Gasteiger partial charge in [-0.2, -0.15) is 5.10 Å². The van der Waals surface area contributed by atoms with Gasteiger partial charge in [-0.05, 0) is 48.7 Å². The van der Waals surface area contributed by atoms with Gasteiger partial charge in [0.25, 0.3) is 5.91 Å². The highest BCUT2D eigenvalue weighted by molar-refractivity contribution is 5.94. The minimum atomic E-state index is -0.763. The molecule has 1 amide bonds. The smallest absolute Gasteiger partial charge is 0.251 e. The van der Waals surface area contributed by atoms with E-state index in [1.165, 1.54) is 6.07 Å². The summed E-state index contributed by atoms with van der Waals surface area (Å²) in [4.78, 5) is 12.3. The van der Waals surface area contributed by atoms with E-state index in [1.54, 1.807) is 30.5 Å². The number of ether oxygens (including phenoxy) is 1. The molecular weight excluding hydrogens is 364 g/mol. The van der Waals surface area contributed by atoms with Gasteiger partial charge in [0, 0.05) is 30.9 Å². The van der Waals surface area contributed by atoms with E-state index in [9.17, 15) is 13.6 Å². The number of nitrogens with zero attached hydrogens (tertiary/aromatic N) is 2. The SMILES string of the molecule is Cc1cnn(CCCNC(=O)c2cccc(COc3ccc(F)cc3F)c2)c1. The molecule has 3 rings (SSSR count). The quantitative estimate of drug-likeness (QED) is 0.599. The number of benzene rings is 2. The standard InChI is InChI=1S/C21H21F2N3O2/c1-15-12-25-26(13-15)9-3-8-24-21(27)17-5-2-4-16(10-17)14-28-20-7-6-18(22)11-19(20)23/h2,4-7,10-13H,3,8-9,14H2,1H3,(H,24,27). The Morgan fingerprint density at radius 1 is 1.21 bits per heavy atom. The van der Waals surface area contributed by atoms with Crippen molar-refractivity contribution in [2.45, 2.75) is 26.5 Å². The summed E-state index contributed by atoms with van der Waals surface area (Å²) in [6.07, 6.45) is 4.51. The molecule has 7 heteroatoms. The van der Waals surface area contributed by atoms with Crippen molar-refractivity contribution in [2.75, 3.05) is 6.54 Å². The lowest BCUT2D eigenvalue weighted by molar-refractivity contribution is 0.0952. The third-order valence-corrected chi connectivity index (χ3v) is 4.09. The highest BCUT2D eigenvalue weighted by Gasteiger charge is 2.08. The third kappa shape index (κ3) is 5.39. The zero-order valence-corrected chi connectivity index (χ0v) is 15.5. The van der Waals surface area contributed by atoms with E-state index in [2.05, 4.69) is 10.4 Å². The van der Waals surface area contributed by atoms with E-state index >= 15 is 0 Å². The summed E-state index contributed by atoms with van der Waals surface area (Å²) in [6, 6.07) is 10.0. The molecule has 2 aromatic carbocycles. The molecule has 3 aromatic rings. The second-order valence-electron chi connectivity index (χ2n) is 6.45. The summed E-state index contributed by atoms with van der Waals surface area (Å²) in [6.45, 7) is 3.30. The predicted octanol–water partition coefficient (Wildman–Crippen LogP) is 3.87. The Hall–Kier alpha value is -3.22. The van der Waals surface area contributed by atoms with Crippen LogP contribution in [0.5, 0.6) is 5.75 Å². The van der Waals surface area contributed by atoms with Crippen LogP contribution < -0.4 is 10.1 Å². The fourth-order valence-electron chi connectivity index (χ4n) is 2.69. The maximum Gasteiger partial charge on any atom is 0.251 e. The average molecular weight is 385 g/mol. The van der Waals surface area contributed by atoms with Crippen LogP contribution in [0.3, 0.4) is 0 Å². The molecule has 0 saturated carbocycles. The summed E-state index contributed by atoms with van der Waals surface area (Å²) in [5, 5.41) is 7.07. The molecule has 0 atom stereocenters. The molecule has 0 aliphatic heterocycles. The average Bonchev–Trinajstić information content (AvgIpc) is 3.10. The van der Waals surface area contributed by atoms with Gasteiger partial charge in [0.05, 0.1) is 6.20 Å². The Kier molecular flexibility index (Phi) is 6.37. The van der Waals surface area contributed by atoms with Crippen LogP contribution in [0.1, 0.15) is 27.9 Å². The second-order valence-corrected chi connectivity index (χ2v) is 6.45. The van der Waals surface area contributed by atoms with Crippen LogP contribution in [0, 0.1) is 18.6 Å². The summed E-state index contributed by atoms with van der Waals surface area (Å²) in [5.74, 6) is -1.65. The Balaban J connectivity index is 1.49. The molecule has 0 radical (unpaired) electrons. The number of aromatic nitrogens is 2. The zero-order valence-electron chi connectivity index (χ0n) is 15.5. The minimum Gasteiger partial charge on any atom is -0.486 e. The minimum absolute atomic E-state index is 0.0369. The Labute approximate surface area is 161 Å². The number of rotatable bonds is 8. The van der Waals surface area contributed by atoms with Crippen LogP contribution in [0.15, 0.2) is 54.9 Å². The fraction of sp³-hybridized carbons (Fsp3) is 0.238. The van der Waals surface area contributed by atoms with Gasteiger partial charge in [0.2, 0.25) is 0 Å². The lowest BCUT2D eigenvalue weighted by Crippen LogP contribution is -2.25. The van der Waals surface area contributed by atoms with E-state index in [-0.39, 0.29) is 18.3 Å². The second kappa shape index (κ2) is 9.12. The van der Waals surface area contributed by atoms with Crippen molar-refractivity contribution >= 4 is 5.91 Å². The van der Waals surface area contributed by atoms with Gasteiger partial charge < -0.3 is 10.1 Å². The van der Waals surface area contributed by atoms with Crippen LogP contribution in [0.4, 0.5) is 8.78 Å². The van der Waals surface area contributed by atoms with Gasteiger partial charge in [-0.3, -0.25) is 9.48 Å². The van der Waals surface area contributed by atoms with Crippen LogP contribution in [0.2, 0.25) is 0 Å². The van der Waals surface area contributed by atoms with Crippen molar-refractivity contribution in [1.82, 2.24) is 15.1 Å². The largest absolute Gasteiger partial charge is 0.486 e. The molecule has 0 bridgehead atoms. The molecule has 0 unspecified atom stereocenters. The monoisotopic (exact) mass is 385 g/mol. The first-order valence-corrected chi connectivity index (χ1v) is 8.95. The topological polar surface area (TPSA) is 56.2 Å². The first-order chi connectivity index (χ1) is 13.5. The fourth-order valence-corrected chi connectivity index (χ4v) is 2.69. The highest BCUT2D eigenvalue weighted by Crippen LogP contribution is 2.19. The summed E-state index contributed by atoms with van der Waals surface area (Å²) < 4.78 is 33.8. The van der Waals surface area contributed by atoms with Crippen LogP contribution in [-0.4, -0.2) is 22.2 Å². The molecule has 0 saturated heterocycles. The first kappa shape index (κ1) is 19.5. The highest BCUT2D eigenvalue weighted by atomic mass is 19.1. The molecule has 0 aliphatic rings. The van der Waals surface area contributed by atoms with Crippen LogP contribution >= 0.6 is 0 Å². The van der Waals surface area contributed by atoms with Crippen molar-refractivity contribution in [3.8, 4) is 5.75 Å². The summed E-state index contributed by atoms with van der Waals surface area (Å²) >= 11 is 0. The summed E-state index contributed by atoms with van der Waals surface area (Å²) in [7, 11) is 0. The number of carbonyl (C=O) groups excluding carboxylic acids is 1. The first-order valence-electron chi connectivity index (χ1n) is 8.95. The number of amides is 1. The van der Waals surface area contributed by atoms with Crippen molar-refractivity contribution in [1.29, 1.82) is 0 Å². The van der Waals surface area contributed by atoms with Gasteiger partial charge >= 0.3 is 0 Å². The van der Waals surface area contributed by atoms with E-state index in [1.807, 2.05) is 17.8 Å². The van der Waals surface area contributed by atoms with E-state index in [0.717, 1.165) is 30.7 Å². The number of hydrogen-bond donors (Lipinski definition) is 1. The van der Waals surface area contributed by atoms with E-state index in [4.69, 9.17) is 4.74 Å². The molecular formula is C21H21F2N3O2. The number of carbonyl (C=O) groups is 1. The van der Waals surface area contributed by atoms with Crippen molar-refractivity contribution in [3.05, 3.63) is 83.2 Å². The summed E-state index contributed by atoms with van der Waals surface area (Å²) in [5.41, 5.74) is 2.31. The number of aryl methyl sites for hydroxylation is 2. The Morgan fingerprint density at radius 3 is 2.82 bits per heavy atom. The third-order valence-electron chi connectivity index (χ3n) is 4.09. The molecule has 28 heavy (non-hydrogen) atoms. The Bertz CT molecular complexity index is 956. The van der Waals surface area contributed by atoms with Gasteiger partial charge in [0.1, 0.15) is 12.4 Å². The van der Waals surface area contributed by atoms with Gasteiger partial charge in [-0.1, -0.05) is 12.1 Å². The molecule has 0 spiro atoms. The van der Waals surface area contributed by atoms with Crippen molar-refractivity contribution < 1.29 is 18.3 Å². The molecule has 1 N–H and O–H groups in total. The van der Waals surface area contributed by atoms with E-state index in [0.29, 0.717) is 17.7 Å². The lowest BCUT2D eigenvalue weighted by Gasteiger charge is -2.09. The molecule has 1 heterocycles. The van der Waals surface area contributed by atoms with Gasteiger partial charge in [0.15, 0.2) is 11.6 Å². The molecule has 146 valence electrons. The van der Waals surface area contributed by atoms with Crippen LogP contribution in [0.25, 0.3) is 0 Å². The Morgan fingerprint density at radius 2 is 2.07 bits per heavy atom. The normalized spacial score (nSPS) is 10.7. The predicted molar refractivity (Wildman–Crippen MR) is 101 cm³/mol. The molecule has 0 fully saturated rings. The number of halogens is 2. The number of nitrogens with one attached hydrogen (secondary N) is 1. The lowest BCUT2D eigenvalue weighted by atomic mass is 10.1. The number of hydrogen-bond acceptors (Lipinski definition) is 3. The maximum absolute atomic E-state index is 13.6. The van der Waals surface area contributed by atoms with Crippen molar-refractivity contribution in [3.63, 3.8) is 0 Å².